The lowest BCUT2D eigenvalue weighted by Gasteiger charge is -2.27. The average Bonchev–Trinajstić information content (AvgIpc) is 2.48. The number of halogens is 1. The fourth-order valence-electron chi connectivity index (χ4n) is 2.50. The van der Waals surface area contributed by atoms with Crippen LogP contribution in [0.1, 0.15) is 33.6 Å². The van der Waals surface area contributed by atoms with Crippen LogP contribution in [0, 0.1) is 5.92 Å². The van der Waals surface area contributed by atoms with Gasteiger partial charge in [-0.1, -0.05) is 38.8 Å². The average molecular weight is 292 g/mol. The topological polar surface area (TPSA) is 29.0 Å². The summed E-state index contributed by atoms with van der Waals surface area (Å²) < 4.78 is 0. The van der Waals surface area contributed by atoms with Crippen LogP contribution in [-0.4, -0.2) is 23.1 Å². The van der Waals surface area contributed by atoms with E-state index in [4.69, 9.17) is 11.6 Å². The number of hydrogen-bond donors (Lipinski definition) is 0. The Morgan fingerprint density at radius 3 is 2.45 bits per heavy atom. The van der Waals surface area contributed by atoms with Crippen LogP contribution < -0.4 is 4.90 Å². The van der Waals surface area contributed by atoms with Crippen molar-refractivity contribution in [2.45, 2.75) is 33.6 Å². The minimum Gasteiger partial charge on any atom is -0.356 e. The molecule has 0 bridgehead atoms. The predicted molar refractivity (Wildman–Crippen MR) is 86.5 cm³/mol. The van der Waals surface area contributed by atoms with Crippen molar-refractivity contribution in [1.29, 1.82) is 0 Å². The summed E-state index contributed by atoms with van der Waals surface area (Å²) >= 11 is 6.08. The second-order valence-corrected chi connectivity index (χ2v) is 5.39. The first-order valence-electron chi connectivity index (χ1n) is 7.36. The molecule has 20 heavy (non-hydrogen) atoms. The van der Waals surface area contributed by atoms with Gasteiger partial charge in [-0.2, -0.15) is 4.98 Å². The molecule has 3 nitrogen and oxygen atoms in total. The van der Waals surface area contributed by atoms with Crippen LogP contribution in [0.25, 0.3) is 10.9 Å². The van der Waals surface area contributed by atoms with Gasteiger partial charge in [-0.25, -0.2) is 4.98 Å². The van der Waals surface area contributed by atoms with Crippen LogP contribution >= 0.6 is 11.6 Å². The zero-order valence-electron chi connectivity index (χ0n) is 12.4. The summed E-state index contributed by atoms with van der Waals surface area (Å²) in [5, 5.41) is 1.39. The molecular formula is C16H22ClN3. The molecule has 2 rings (SSSR count). The van der Waals surface area contributed by atoms with Gasteiger partial charge in [0.15, 0.2) is 0 Å². The number of para-hydroxylation sites is 1. The highest BCUT2D eigenvalue weighted by Crippen LogP contribution is 2.26. The lowest BCUT2D eigenvalue weighted by Crippen LogP contribution is -2.30. The van der Waals surface area contributed by atoms with Gasteiger partial charge < -0.3 is 4.90 Å². The van der Waals surface area contributed by atoms with Crippen molar-refractivity contribution in [3.8, 4) is 0 Å². The van der Waals surface area contributed by atoms with Gasteiger partial charge >= 0.3 is 0 Å². The molecule has 4 heteroatoms. The third kappa shape index (κ3) is 3.21. The van der Waals surface area contributed by atoms with Crippen molar-refractivity contribution in [3.05, 3.63) is 29.5 Å². The Morgan fingerprint density at radius 1 is 1.10 bits per heavy atom. The van der Waals surface area contributed by atoms with E-state index < -0.39 is 0 Å². The normalized spacial score (nSPS) is 11.2. The Bertz CT molecular complexity index is 567. The molecule has 0 atom stereocenters. The van der Waals surface area contributed by atoms with Crippen molar-refractivity contribution in [2.24, 2.45) is 5.92 Å². The minimum atomic E-state index is 0.321. The van der Waals surface area contributed by atoms with Gasteiger partial charge in [0.25, 0.3) is 0 Å². The van der Waals surface area contributed by atoms with E-state index in [2.05, 4.69) is 41.7 Å². The summed E-state index contributed by atoms with van der Waals surface area (Å²) in [6.45, 7) is 8.59. The van der Waals surface area contributed by atoms with Gasteiger partial charge in [0.2, 0.25) is 5.28 Å². The number of rotatable bonds is 6. The molecule has 0 amide bonds. The fraction of sp³-hybridized carbons (Fsp3) is 0.500. The second-order valence-electron chi connectivity index (χ2n) is 5.05. The van der Waals surface area contributed by atoms with E-state index in [0.29, 0.717) is 11.2 Å². The number of hydrogen-bond acceptors (Lipinski definition) is 3. The molecule has 0 aliphatic carbocycles. The van der Waals surface area contributed by atoms with Crippen molar-refractivity contribution in [1.82, 2.24) is 9.97 Å². The second kappa shape index (κ2) is 6.89. The van der Waals surface area contributed by atoms with Gasteiger partial charge in [0.05, 0.1) is 5.52 Å². The lowest BCUT2D eigenvalue weighted by molar-refractivity contribution is 0.485. The molecule has 0 spiro atoms. The maximum atomic E-state index is 6.08. The molecule has 108 valence electrons. The first-order valence-corrected chi connectivity index (χ1v) is 7.74. The summed E-state index contributed by atoms with van der Waals surface area (Å²) in [5.74, 6) is 1.64. The number of nitrogens with zero attached hydrogens (tertiary/aromatic N) is 3. The number of benzene rings is 1. The van der Waals surface area contributed by atoms with Gasteiger partial charge in [-0.05, 0) is 36.6 Å². The number of aromatic nitrogens is 2. The van der Waals surface area contributed by atoms with E-state index in [1.165, 1.54) is 12.8 Å². The van der Waals surface area contributed by atoms with Crippen molar-refractivity contribution in [2.75, 3.05) is 18.0 Å². The monoisotopic (exact) mass is 291 g/mol. The molecule has 0 radical (unpaired) electrons. The molecule has 0 fully saturated rings. The Kier molecular flexibility index (Phi) is 5.18. The molecule has 1 aromatic carbocycles. The molecule has 2 aromatic rings. The Hall–Kier alpha value is -1.35. The highest BCUT2D eigenvalue weighted by Gasteiger charge is 2.15. The van der Waals surface area contributed by atoms with Gasteiger partial charge in [0.1, 0.15) is 5.82 Å². The Balaban J connectivity index is 2.43. The number of fused-ring (bicyclic) bond motifs is 1. The van der Waals surface area contributed by atoms with Crippen molar-refractivity contribution >= 4 is 28.3 Å². The molecule has 1 aromatic heterocycles. The maximum absolute atomic E-state index is 6.08. The predicted octanol–water partition coefficient (Wildman–Crippen LogP) is 4.55. The Morgan fingerprint density at radius 2 is 1.80 bits per heavy atom. The van der Waals surface area contributed by atoms with Crippen LogP contribution in [0.4, 0.5) is 5.82 Å². The van der Waals surface area contributed by atoms with E-state index in [0.717, 1.165) is 29.8 Å². The van der Waals surface area contributed by atoms with Crippen LogP contribution in [0.3, 0.4) is 0 Å². The molecule has 0 N–H and O–H groups in total. The summed E-state index contributed by atoms with van der Waals surface area (Å²) in [6.07, 6.45) is 2.37. The summed E-state index contributed by atoms with van der Waals surface area (Å²) in [7, 11) is 0. The quantitative estimate of drug-likeness (QED) is 0.731. The zero-order chi connectivity index (χ0) is 14.5. The van der Waals surface area contributed by atoms with Crippen LogP contribution in [0.5, 0.6) is 0 Å². The van der Waals surface area contributed by atoms with Crippen LogP contribution in [0.15, 0.2) is 24.3 Å². The van der Waals surface area contributed by atoms with Crippen molar-refractivity contribution in [3.63, 3.8) is 0 Å². The summed E-state index contributed by atoms with van der Waals surface area (Å²) in [6, 6.07) is 8.05. The number of anilines is 1. The maximum Gasteiger partial charge on any atom is 0.224 e. The highest BCUT2D eigenvalue weighted by atomic mass is 35.5. The third-order valence-corrected chi connectivity index (χ3v) is 4.04. The van der Waals surface area contributed by atoms with E-state index in [9.17, 15) is 0 Å². The summed E-state index contributed by atoms with van der Waals surface area (Å²) in [5.41, 5.74) is 0.908. The largest absolute Gasteiger partial charge is 0.356 e. The summed E-state index contributed by atoms with van der Waals surface area (Å²) in [4.78, 5) is 11.1. The molecule has 0 saturated carbocycles. The van der Waals surface area contributed by atoms with E-state index >= 15 is 0 Å². The molecule has 0 unspecified atom stereocenters. The molecule has 1 heterocycles. The van der Waals surface area contributed by atoms with Crippen LogP contribution in [0.2, 0.25) is 5.28 Å². The highest BCUT2D eigenvalue weighted by molar-refractivity contribution is 6.28. The van der Waals surface area contributed by atoms with E-state index in [1.54, 1.807) is 0 Å². The first kappa shape index (κ1) is 15.0. The molecule has 0 aliphatic heterocycles. The fourth-order valence-corrected chi connectivity index (χ4v) is 2.67. The molecule has 0 aliphatic rings. The minimum absolute atomic E-state index is 0.321. The molecule has 0 saturated heterocycles. The van der Waals surface area contributed by atoms with E-state index in [-0.39, 0.29) is 0 Å². The lowest BCUT2D eigenvalue weighted by atomic mass is 10.0. The Labute approximate surface area is 126 Å². The molecular weight excluding hydrogens is 270 g/mol. The zero-order valence-corrected chi connectivity index (χ0v) is 13.2. The SMILES string of the molecule is CCC(CC)CN(CC)c1nc(Cl)nc2ccccc12. The van der Waals surface area contributed by atoms with Gasteiger partial charge in [-0.15, -0.1) is 0 Å². The smallest absolute Gasteiger partial charge is 0.224 e. The van der Waals surface area contributed by atoms with Gasteiger partial charge in [-0.3, -0.25) is 0 Å². The van der Waals surface area contributed by atoms with Crippen molar-refractivity contribution < 1.29 is 0 Å². The van der Waals surface area contributed by atoms with Crippen LogP contribution in [-0.2, 0) is 0 Å². The third-order valence-electron chi connectivity index (χ3n) is 3.87. The standard InChI is InChI=1S/C16H22ClN3/c1-4-12(5-2)11-20(6-3)15-13-9-7-8-10-14(13)18-16(17)19-15/h7-10,12H,4-6,11H2,1-3H3. The van der Waals surface area contributed by atoms with E-state index in [1.807, 2.05) is 18.2 Å². The van der Waals surface area contributed by atoms with Gasteiger partial charge in [0, 0.05) is 18.5 Å². The first-order chi connectivity index (χ1) is 9.69.